The van der Waals surface area contributed by atoms with Crippen molar-refractivity contribution in [3.63, 3.8) is 0 Å². The van der Waals surface area contributed by atoms with E-state index in [0.29, 0.717) is 28.7 Å². The molecule has 1 atom stereocenters. The highest BCUT2D eigenvalue weighted by Crippen LogP contribution is 2.35. The molecule has 140 valence electrons. The van der Waals surface area contributed by atoms with E-state index < -0.39 is 11.4 Å². The normalized spacial score (nSPS) is 21.5. The molecule has 27 heavy (non-hydrogen) atoms. The highest BCUT2D eigenvalue weighted by molar-refractivity contribution is 8.16. The number of benzene rings is 1. The van der Waals surface area contributed by atoms with E-state index >= 15 is 0 Å². The lowest BCUT2D eigenvalue weighted by molar-refractivity contribution is 0.102. The van der Waals surface area contributed by atoms with Crippen LogP contribution in [0.5, 0.6) is 0 Å². The average Bonchev–Trinajstić information content (AvgIpc) is 3.07. The van der Waals surface area contributed by atoms with Crippen LogP contribution >= 0.6 is 11.8 Å². The van der Waals surface area contributed by atoms with Gasteiger partial charge in [0.15, 0.2) is 10.9 Å². The zero-order valence-corrected chi connectivity index (χ0v) is 15.5. The Balaban J connectivity index is 1.60. The van der Waals surface area contributed by atoms with Gasteiger partial charge in [0.2, 0.25) is 0 Å². The number of carbonyl (C=O) groups excluding carboxylic acids is 1. The Bertz CT molecular complexity index is 945. The molecule has 2 aliphatic rings. The SMILES string of the molecule is C[C@@]1(c2cc(NC(=O)c3cc4n(n3)CCNC4)ccc2F)C=CSC(N)=N1. The number of amidine groups is 1. The first-order chi connectivity index (χ1) is 12.9. The lowest BCUT2D eigenvalue weighted by Gasteiger charge is -2.26. The van der Waals surface area contributed by atoms with E-state index in [2.05, 4.69) is 20.7 Å². The number of thioether (sulfide) groups is 1. The number of hydrogen-bond acceptors (Lipinski definition) is 6. The number of amides is 1. The third kappa shape index (κ3) is 3.47. The number of fused-ring (bicyclic) bond motifs is 1. The molecule has 1 aromatic carbocycles. The largest absolute Gasteiger partial charge is 0.378 e. The molecule has 0 saturated carbocycles. The number of nitrogens with one attached hydrogen (secondary N) is 2. The van der Waals surface area contributed by atoms with Gasteiger partial charge in [0.25, 0.3) is 5.91 Å². The number of nitrogens with zero attached hydrogens (tertiary/aromatic N) is 3. The molecule has 9 heteroatoms. The molecule has 3 heterocycles. The second-order valence-electron chi connectivity index (χ2n) is 6.59. The molecule has 1 amide bonds. The van der Waals surface area contributed by atoms with E-state index in [9.17, 15) is 9.18 Å². The van der Waals surface area contributed by atoms with Crippen molar-refractivity contribution in [1.82, 2.24) is 15.1 Å². The highest BCUT2D eigenvalue weighted by Gasteiger charge is 2.29. The molecule has 0 fully saturated rings. The van der Waals surface area contributed by atoms with Crippen molar-refractivity contribution in [2.75, 3.05) is 11.9 Å². The maximum atomic E-state index is 14.5. The summed E-state index contributed by atoms with van der Waals surface area (Å²) in [7, 11) is 0. The number of anilines is 1. The van der Waals surface area contributed by atoms with Crippen LogP contribution in [-0.2, 0) is 18.6 Å². The predicted molar refractivity (Wildman–Crippen MR) is 104 cm³/mol. The van der Waals surface area contributed by atoms with Crippen molar-refractivity contribution < 1.29 is 9.18 Å². The van der Waals surface area contributed by atoms with Gasteiger partial charge in [-0.3, -0.25) is 9.48 Å². The number of carbonyl (C=O) groups is 1. The number of nitrogens with two attached hydrogens (primary N) is 1. The summed E-state index contributed by atoms with van der Waals surface area (Å²) < 4.78 is 16.3. The molecule has 0 radical (unpaired) electrons. The van der Waals surface area contributed by atoms with Crippen LogP contribution in [0.2, 0.25) is 0 Å². The summed E-state index contributed by atoms with van der Waals surface area (Å²) in [6, 6.07) is 6.19. The molecule has 4 N–H and O–H groups in total. The Morgan fingerprint density at radius 2 is 2.30 bits per heavy atom. The first-order valence-electron chi connectivity index (χ1n) is 8.53. The molecule has 2 aliphatic heterocycles. The third-order valence-corrected chi connectivity index (χ3v) is 5.20. The Kier molecular flexibility index (Phi) is 4.48. The van der Waals surface area contributed by atoms with Gasteiger partial charge in [0.05, 0.1) is 12.2 Å². The van der Waals surface area contributed by atoms with Gasteiger partial charge in [-0.2, -0.15) is 5.10 Å². The number of aromatic nitrogens is 2. The van der Waals surface area contributed by atoms with Gasteiger partial charge in [-0.15, -0.1) is 0 Å². The van der Waals surface area contributed by atoms with E-state index in [4.69, 9.17) is 5.73 Å². The zero-order valence-electron chi connectivity index (χ0n) is 14.7. The second-order valence-corrected chi connectivity index (χ2v) is 7.51. The van der Waals surface area contributed by atoms with E-state index in [0.717, 1.165) is 18.8 Å². The quantitative estimate of drug-likeness (QED) is 0.751. The Morgan fingerprint density at radius 1 is 1.44 bits per heavy atom. The standard InChI is InChI=1S/C18H19FN6OS/c1-18(4-7-27-17(20)23-18)13-8-11(2-3-14(13)19)22-16(26)15-9-12-10-21-5-6-25(12)24-15/h2-4,7-9,21H,5-6,10H2,1H3,(H2,20,23)(H,22,26)/t18-/m0/s1. The Labute approximate surface area is 159 Å². The predicted octanol–water partition coefficient (Wildman–Crippen LogP) is 2.17. The molecular formula is C18H19FN6OS. The van der Waals surface area contributed by atoms with Gasteiger partial charge < -0.3 is 16.4 Å². The number of hydrogen-bond donors (Lipinski definition) is 3. The van der Waals surface area contributed by atoms with Gasteiger partial charge in [-0.25, -0.2) is 9.38 Å². The first kappa shape index (κ1) is 17.7. The summed E-state index contributed by atoms with van der Waals surface area (Å²) in [4.78, 5) is 16.9. The smallest absolute Gasteiger partial charge is 0.276 e. The molecule has 0 unspecified atom stereocenters. The maximum Gasteiger partial charge on any atom is 0.276 e. The summed E-state index contributed by atoms with van der Waals surface area (Å²) in [5.41, 5.74) is 6.99. The van der Waals surface area contributed by atoms with Crippen LogP contribution in [0.3, 0.4) is 0 Å². The summed E-state index contributed by atoms with van der Waals surface area (Å²) >= 11 is 1.29. The average molecular weight is 386 g/mol. The Hall–Kier alpha value is -2.65. The van der Waals surface area contributed by atoms with Gasteiger partial charge in [0.1, 0.15) is 11.4 Å². The van der Waals surface area contributed by atoms with Crippen molar-refractivity contribution in [1.29, 1.82) is 0 Å². The lowest BCUT2D eigenvalue weighted by atomic mass is 9.92. The van der Waals surface area contributed by atoms with Gasteiger partial charge in [-0.05, 0) is 42.7 Å². The molecule has 4 rings (SSSR count). The lowest BCUT2D eigenvalue weighted by Crippen LogP contribution is -2.28. The van der Waals surface area contributed by atoms with Crippen LogP contribution in [0.25, 0.3) is 0 Å². The van der Waals surface area contributed by atoms with Gasteiger partial charge in [0, 0.05) is 24.3 Å². The minimum atomic E-state index is -0.917. The van der Waals surface area contributed by atoms with E-state index in [1.165, 1.54) is 23.9 Å². The molecule has 0 saturated heterocycles. The van der Waals surface area contributed by atoms with Crippen molar-refractivity contribution in [3.05, 3.63) is 58.5 Å². The highest BCUT2D eigenvalue weighted by atomic mass is 32.2. The van der Waals surface area contributed by atoms with E-state index in [1.807, 2.05) is 4.68 Å². The summed E-state index contributed by atoms with van der Waals surface area (Å²) in [6.07, 6.45) is 1.79. The molecule has 0 aliphatic carbocycles. The van der Waals surface area contributed by atoms with Crippen molar-refractivity contribution >= 4 is 28.5 Å². The van der Waals surface area contributed by atoms with Crippen molar-refractivity contribution in [2.24, 2.45) is 10.7 Å². The summed E-state index contributed by atoms with van der Waals surface area (Å²) in [6.45, 7) is 4.01. The monoisotopic (exact) mass is 386 g/mol. The van der Waals surface area contributed by atoms with E-state index in [1.54, 1.807) is 30.5 Å². The molecule has 1 aromatic heterocycles. The molecule has 2 aromatic rings. The van der Waals surface area contributed by atoms with Crippen molar-refractivity contribution in [3.8, 4) is 0 Å². The van der Waals surface area contributed by atoms with Crippen LogP contribution in [-0.4, -0.2) is 27.4 Å². The fourth-order valence-corrected chi connectivity index (χ4v) is 3.88. The minimum Gasteiger partial charge on any atom is -0.378 e. The van der Waals surface area contributed by atoms with Crippen LogP contribution in [0, 0.1) is 5.82 Å². The minimum absolute atomic E-state index is 0.335. The van der Waals surface area contributed by atoms with Gasteiger partial charge >= 0.3 is 0 Å². The fraction of sp³-hybridized carbons (Fsp3) is 0.278. The number of aliphatic imine (C=N–C) groups is 1. The summed E-state index contributed by atoms with van der Waals surface area (Å²) in [5.74, 6) is -0.746. The molecule has 0 bridgehead atoms. The molecule has 0 spiro atoms. The fourth-order valence-electron chi connectivity index (χ4n) is 3.17. The summed E-state index contributed by atoms with van der Waals surface area (Å²) in [5, 5.41) is 12.5. The third-order valence-electron chi connectivity index (χ3n) is 4.60. The van der Waals surface area contributed by atoms with Crippen molar-refractivity contribution in [2.45, 2.75) is 25.6 Å². The molecular weight excluding hydrogens is 367 g/mol. The van der Waals surface area contributed by atoms with Gasteiger partial charge in [-0.1, -0.05) is 11.8 Å². The van der Waals surface area contributed by atoms with Crippen LogP contribution in [0.1, 0.15) is 28.7 Å². The Morgan fingerprint density at radius 3 is 3.07 bits per heavy atom. The maximum absolute atomic E-state index is 14.5. The van der Waals surface area contributed by atoms with Crippen LogP contribution in [0.15, 0.2) is 40.7 Å². The zero-order chi connectivity index (χ0) is 19.0. The second kappa shape index (κ2) is 6.82. The van der Waals surface area contributed by atoms with E-state index in [-0.39, 0.29) is 5.91 Å². The first-order valence-corrected chi connectivity index (χ1v) is 9.41. The number of halogens is 1. The van der Waals surface area contributed by atoms with Crippen LogP contribution < -0.4 is 16.4 Å². The molecule has 7 nitrogen and oxygen atoms in total. The van der Waals surface area contributed by atoms with Crippen LogP contribution in [0.4, 0.5) is 10.1 Å². The topological polar surface area (TPSA) is 97.3 Å². The number of rotatable bonds is 3.